The number of ketones is 2. The molecule has 0 bridgehead atoms. The van der Waals surface area contributed by atoms with Crippen molar-refractivity contribution >= 4 is 71.8 Å². The molecule has 2 fully saturated rings. The Labute approximate surface area is 442 Å². The van der Waals surface area contributed by atoms with Gasteiger partial charge in [0.2, 0.25) is 35.4 Å². The highest BCUT2D eigenvalue weighted by atomic mass is 35.5. The maximum Gasteiger partial charge on any atom is 0.246 e. The van der Waals surface area contributed by atoms with Crippen LogP contribution in [0.4, 0.5) is 0 Å². The molecule has 18 nitrogen and oxygen atoms in total. The number of likely N-dealkylation sites (tertiary alicyclic amines) is 2. The molecule has 12 atom stereocenters. The molecule has 2 aliphatic rings. The van der Waals surface area contributed by atoms with Gasteiger partial charge in [-0.1, -0.05) is 101 Å². The van der Waals surface area contributed by atoms with Crippen LogP contribution in [0.3, 0.4) is 0 Å². The molecule has 0 spiro atoms. The molecule has 3 aromatic rings. The molecule has 2 aliphatic heterocycles. The van der Waals surface area contributed by atoms with E-state index in [-0.39, 0.29) is 128 Å². The minimum absolute atomic E-state index is 0. The largest absolute Gasteiger partial charge is 0.348 e. The summed E-state index contributed by atoms with van der Waals surface area (Å²) < 4.78 is 0. The Morgan fingerprint density at radius 1 is 0.589 bits per heavy atom. The van der Waals surface area contributed by atoms with Gasteiger partial charge in [-0.25, -0.2) is 0 Å². The van der Waals surface area contributed by atoms with Crippen molar-refractivity contribution in [1.82, 2.24) is 51.9 Å². The van der Waals surface area contributed by atoms with Gasteiger partial charge in [-0.3, -0.25) is 43.5 Å². The number of rotatable bonds is 24. The van der Waals surface area contributed by atoms with Crippen molar-refractivity contribution in [2.45, 2.75) is 142 Å². The number of aromatic nitrogens is 2. The number of nitrogens with zero attached hydrogens (tertiary/aromatic N) is 3. The predicted octanol–water partition coefficient (Wildman–Crippen LogP) is 4.87. The van der Waals surface area contributed by atoms with Gasteiger partial charge in [0.25, 0.3) is 0 Å². The van der Waals surface area contributed by atoms with Crippen molar-refractivity contribution in [1.29, 1.82) is 0 Å². The molecule has 0 radical (unpaired) electrons. The van der Waals surface area contributed by atoms with Crippen LogP contribution in [0, 0.1) is 23.7 Å². The molecular weight excluding hydrogens is 976 g/mol. The minimum Gasteiger partial charge on any atom is -0.348 e. The predicted molar refractivity (Wildman–Crippen MR) is 284 cm³/mol. The normalized spacial score (nSPS) is 20.6. The lowest BCUT2D eigenvalue weighted by atomic mass is 9.96. The summed E-state index contributed by atoms with van der Waals surface area (Å²) in [4.78, 5) is 114. The van der Waals surface area contributed by atoms with E-state index in [2.05, 4.69) is 42.1 Å². The van der Waals surface area contributed by atoms with Gasteiger partial charge in [0.15, 0.2) is 11.6 Å². The van der Waals surface area contributed by atoms with Crippen molar-refractivity contribution in [3.05, 3.63) is 89.2 Å². The highest BCUT2D eigenvalue weighted by molar-refractivity contribution is 6.00. The summed E-state index contributed by atoms with van der Waals surface area (Å²) in [6.45, 7) is 14.8. The van der Waals surface area contributed by atoms with Gasteiger partial charge < -0.3 is 41.7 Å². The van der Waals surface area contributed by atoms with Crippen LogP contribution in [0.25, 0.3) is 0 Å². The van der Waals surface area contributed by atoms with E-state index in [1.54, 1.807) is 27.9 Å². The van der Waals surface area contributed by atoms with Crippen LogP contribution in [0.1, 0.15) is 138 Å². The maximum atomic E-state index is 14.5. The molecule has 7 N–H and O–H groups in total. The summed E-state index contributed by atoms with van der Waals surface area (Å²) in [6, 6.07) is 14.7. The second-order valence-corrected chi connectivity index (χ2v) is 19.7. The quantitative estimate of drug-likeness (QED) is 0.0598. The van der Waals surface area contributed by atoms with Crippen molar-refractivity contribution in [3.8, 4) is 0 Å². The minimum atomic E-state index is -0.924. The van der Waals surface area contributed by atoms with E-state index in [1.165, 1.54) is 15.9 Å². The van der Waals surface area contributed by atoms with E-state index in [1.807, 2.05) is 102 Å². The van der Waals surface area contributed by atoms with Crippen molar-refractivity contribution in [2.24, 2.45) is 23.7 Å². The molecule has 2 saturated heterocycles. The number of benzene rings is 2. The highest BCUT2D eigenvalue weighted by Crippen LogP contribution is 2.32. The van der Waals surface area contributed by atoms with Crippen molar-refractivity contribution in [2.75, 3.05) is 27.2 Å². The monoisotopic (exact) mass is 1050 g/mol. The molecule has 3 heterocycles. The van der Waals surface area contributed by atoms with E-state index in [9.17, 15) is 38.4 Å². The zero-order valence-corrected chi connectivity index (χ0v) is 45.5. The number of halogens is 2. The topological polar surface area (TPSA) is 244 Å². The van der Waals surface area contributed by atoms with E-state index in [0.29, 0.717) is 12.8 Å². The lowest BCUT2D eigenvalue weighted by molar-refractivity contribution is -0.143. The summed E-state index contributed by atoms with van der Waals surface area (Å²) >= 11 is 0. The molecule has 20 heteroatoms. The van der Waals surface area contributed by atoms with Gasteiger partial charge >= 0.3 is 0 Å². The number of Topliss-reactive ketones (excluding diaryl/α,β-unsaturated/α-hetero) is 2. The molecule has 0 saturated carbocycles. The zero-order valence-electron chi connectivity index (χ0n) is 43.9. The van der Waals surface area contributed by atoms with Crippen LogP contribution in [0.5, 0.6) is 0 Å². The number of hydrogen-bond donors (Lipinski definition) is 7. The fourth-order valence-corrected chi connectivity index (χ4v) is 9.28. The number of carbonyl (C=O) groups excluding carboxylic acids is 8. The number of likely N-dealkylation sites (N-methyl/N-ethyl adjacent to an activating group) is 2. The fraction of sp³-hybridized carbons (Fsp3) is 0.566. The maximum absolute atomic E-state index is 14.5. The first-order valence-corrected chi connectivity index (χ1v) is 25.2. The Bertz CT molecular complexity index is 2180. The molecule has 6 amide bonds. The number of amides is 6. The van der Waals surface area contributed by atoms with Crippen LogP contribution in [-0.2, 0) is 28.8 Å². The smallest absolute Gasteiger partial charge is 0.246 e. The van der Waals surface area contributed by atoms with Gasteiger partial charge in [0.1, 0.15) is 35.6 Å². The standard InChI is InChI=1S/C53H76N10O8.2ClH/c1-11-30(3)46(58-48(66)34(7)54-9)52(70)62-28-36(23-42(62)50(68)56-32(5)38-19-15-13-16-20-38)25-44(64)40-27-41(61-60-40)45(65)26-37-24-43(51(69)57-33(6)39-21-17-14-18-22-39)63(29-37)53(71)47(31(4)12-2)59-49(67)35(8)55-10;;/h13-22,27,30-37,42-43,46-47,54-55H,11-12,23-26,28-29H2,1-10H3,(H,56,68)(H,57,69)(H,58,66)(H,59,67)(H,60,61);2*1H/t30-,31-,32+,33+,34-,35-,36+,37+,42-,43-,46-,47?;;/m0../s1. The number of H-pyrrole nitrogens is 1. The SMILES string of the molecule is CC[C@H](C)C(NC(=O)[C@H](C)NC)C(=O)N1C[C@@H](CC(=O)c2cc(C(=O)C[C@H]3C[C@@H](C(=O)N[C@H](C)c4ccccc4)N(C(=O)[C@@H](NC(=O)[C@H](C)NC)[C@@H](C)CC)C3)n[nH]2)C[C@H]1C(=O)N[C@H](C)c1ccccc1.Cl.Cl. The Balaban J connectivity index is 0.00000703. The average Bonchev–Trinajstić information content (AvgIpc) is 4.16. The summed E-state index contributed by atoms with van der Waals surface area (Å²) in [5.74, 6) is -4.45. The second kappa shape index (κ2) is 28.7. The first-order valence-electron chi connectivity index (χ1n) is 25.2. The van der Waals surface area contributed by atoms with Crippen molar-refractivity contribution in [3.63, 3.8) is 0 Å². The first kappa shape index (κ1) is 61.6. The Hall–Kier alpha value is -5.69. The second-order valence-electron chi connectivity index (χ2n) is 19.7. The number of carbonyl (C=O) groups is 8. The molecule has 1 aromatic heterocycles. The summed E-state index contributed by atoms with van der Waals surface area (Å²) in [7, 11) is 3.30. The van der Waals surface area contributed by atoms with Crippen molar-refractivity contribution < 1.29 is 38.4 Å². The third-order valence-electron chi connectivity index (χ3n) is 14.6. The Morgan fingerprint density at radius 3 is 1.34 bits per heavy atom. The molecule has 0 aliphatic carbocycles. The summed E-state index contributed by atoms with van der Waals surface area (Å²) in [6.07, 6.45) is 1.40. The van der Waals surface area contributed by atoms with Crippen LogP contribution in [-0.4, -0.2) is 130 Å². The average molecular weight is 1050 g/mol. The van der Waals surface area contributed by atoms with E-state index >= 15 is 0 Å². The molecule has 5 rings (SSSR count). The van der Waals surface area contributed by atoms with Gasteiger partial charge in [-0.05, 0) is 95.5 Å². The van der Waals surface area contributed by atoms with Crippen LogP contribution < -0.4 is 31.9 Å². The van der Waals surface area contributed by atoms with Gasteiger partial charge in [-0.15, -0.1) is 24.8 Å². The number of nitrogens with one attached hydrogen (secondary N) is 7. The van der Waals surface area contributed by atoms with E-state index in [0.717, 1.165) is 11.1 Å². The van der Waals surface area contributed by atoms with E-state index in [4.69, 9.17) is 0 Å². The van der Waals surface area contributed by atoms with Gasteiger partial charge in [-0.2, -0.15) is 5.10 Å². The lowest BCUT2D eigenvalue weighted by Crippen LogP contribution is -2.57. The fourth-order valence-electron chi connectivity index (χ4n) is 9.28. The number of aromatic amines is 1. The van der Waals surface area contributed by atoms with Crippen LogP contribution in [0.2, 0.25) is 0 Å². The zero-order chi connectivity index (χ0) is 52.1. The third-order valence-corrected chi connectivity index (χ3v) is 14.6. The summed E-state index contributed by atoms with van der Waals surface area (Å²) in [5.41, 5.74) is 1.86. The van der Waals surface area contributed by atoms with Crippen LogP contribution >= 0.6 is 24.8 Å². The molecule has 73 heavy (non-hydrogen) atoms. The van der Waals surface area contributed by atoms with Gasteiger partial charge in [0.05, 0.1) is 24.2 Å². The number of hydrogen-bond acceptors (Lipinski definition) is 11. The summed E-state index contributed by atoms with van der Waals surface area (Å²) in [5, 5.41) is 24.7. The van der Waals surface area contributed by atoms with E-state index < -0.39 is 65.7 Å². The molecular formula is C53H78Cl2N10O8. The first-order chi connectivity index (χ1) is 33.8. The molecule has 1 unspecified atom stereocenters. The Morgan fingerprint density at radius 2 is 0.973 bits per heavy atom. The third kappa shape index (κ3) is 15.9. The van der Waals surface area contributed by atoms with Crippen LogP contribution in [0.15, 0.2) is 66.7 Å². The molecule has 402 valence electrons. The molecule has 2 aromatic carbocycles. The Kier molecular flexibility index (Phi) is 24.2. The van der Waals surface area contributed by atoms with Gasteiger partial charge in [0, 0.05) is 25.9 Å². The highest BCUT2D eigenvalue weighted by Gasteiger charge is 2.46. The lowest BCUT2D eigenvalue weighted by Gasteiger charge is -2.32.